The second-order valence-corrected chi connectivity index (χ2v) is 4.94. The van der Waals surface area contributed by atoms with E-state index in [2.05, 4.69) is 20.3 Å². The number of hydrogen-bond donors (Lipinski definition) is 1. The van der Waals surface area contributed by atoms with Gasteiger partial charge in [-0.15, -0.1) is 0 Å². The molecule has 1 amide bonds. The van der Waals surface area contributed by atoms with Crippen molar-refractivity contribution in [1.82, 2.24) is 20.3 Å². The van der Waals surface area contributed by atoms with Crippen LogP contribution in [0.25, 0.3) is 10.9 Å². The third-order valence-corrected chi connectivity index (χ3v) is 3.29. The minimum atomic E-state index is -0.282. The molecule has 2 aromatic heterocycles. The maximum Gasteiger partial charge on any atom is 0.269 e. The highest BCUT2D eigenvalue weighted by atomic mass is 16.5. The topological polar surface area (TPSA) is 94.1 Å². The molecular weight excluding hydrogens is 308 g/mol. The molecule has 3 rings (SSSR count). The summed E-state index contributed by atoms with van der Waals surface area (Å²) < 4.78 is 5.77. The third kappa shape index (κ3) is 3.35. The van der Waals surface area contributed by atoms with Crippen LogP contribution < -0.4 is 10.1 Å². The Kier molecular flexibility index (Phi) is 4.42. The predicted molar refractivity (Wildman–Crippen MR) is 87.0 cm³/mol. The smallest absolute Gasteiger partial charge is 0.269 e. The molecule has 1 aromatic carbocycles. The van der Waals surface area contributed by atoms with Gasteiger partial charge in [0.1, 0.15) is 29.3 Å². The third-order valence-electron chi connectivity index (χ3n) is 3.29. The Bertz CT molecular complexity index is 911. The van der Waals surface area contributed by atoms with E-state index in [9.17, 15) is 9.59 Å². The van der Waals surface area contributed by atoms with Gasteiger partial charge in [-0.3, -0.25) is 9.78 Å². The van der Waals surface area contributed by atoms with Gasteiger partial charge in [-0.2, -0.15) is 0 Å². The molecule has 24 heavy (non-hydrogen) atoms. The average Bonchev–Trinajstić information content (AvgIpc) is 2.61. The van der Waals surface area contributed by atoms with Gasteiger partial charge in [0.2, 0.25) is 0 Å². The largest absolute Gasteiger partial charge is 0.457 e. The predicted octanol–water partition coefficient (Wildman–Crippen LogP) is 1.92. The van der Waals surface area contributed by atoms with Gasteiger partial charge in [-0.25, -0.2) is 9.97 Å². The first-order chi connectivity index (χ1) is 11.7. The van der Waals surface area contributed by atoms with Crippen LogP contribution in [0.2, 0.25) is 0 Å². The standard InChI is InChI=1S/C17H14N4O3/c1-18-17(23)15-9-13(4-6-19-15)24-12-2-3-14-11(8-12)10-20-16(21-14)5-7-22/h2-4,6-10H,5H2,1H3,(H,18,23). The van der Waals surface area contributed by atoms with Crippen molar-refractivity contribution < 1.29 is 14.3 Å². The molecule has 2 heterocycles. The number of carbonyl (C=O) groups is 2. The zero-order chi connectivity index (χ0) is 16.9. The minimum absolute atomic E-state index is 0.188. The van der Waals surface area contributed by atoms with E-state index in [0.717, 1.165) is 17.2 Å². The molecule has 7 nitrogen and oxygen atoms in total. The van der Waals surface area contributed by atoms with Crippen LogP contribution in [-0.4, -0.2) is 34.2 Å². The maximum atomic E-state index is 11.6. The van der Waals surface area contributed by atoms with E-state index >= 15 is 0 Å². The SMILES string of the molecule is CNC(=O)c1cc(Oc2ccc3nc(CC=O)ncc3c2)ccn1. The van der Waals surface area contributed by atoms with Gasteiger partial charge < -0.3 is 14.8 Å². The summed E-state index contributed by atoms with van der Waals surface area (Å²) in [7, 11) is 1.54. The highest BCUT2D eigenvalue weighted by Gasteiger charge is 2.07. The molecule has 0 aliphatic rings. The van der Waals surface area contributed by atoms with Crippen LogP contribution in [-0.2, 0) is 11.2 Å². The van der Waals surface area contributed by atoms with Crippen molar-refractivity contribution in [1.29, 1.82) is 0 Å². The molecule has 120 valence electrons. The molecule has 0 fully saturated rings. The molecule has 0 saturated heterocycles. The van der Waals surface area contributed by atoms with Crippen molar-refractivity contribution in [2.24, 2.45) is 0 Å². The lowest BCUT2D eigenvalue weighted by Crippen LogP contribution is -2.18. The second-order valence-electron chi connectivity index (χ2n) is 4.94. The van der Waals surface area contributed by atoms with E-state index in [1.54, 1.807) is 43.6 Å². The molecule has 0 bridgehead atoms. The van der Waals surface area contributed by atoms with Crippen LogP contribution in [0.3, 0.4) is 0 Å². The second kappa shape index (κ2) is 6.82. The number of hydrogen-bond acceptors (Lipinski definition) is 6. The number of carbonyl (C=O) groups excluding carboxylic acids is 2. The molecule has 0 unspecified atom stereocenters. The normalized spacial score (nSPS) is 10.4. The van der Waals surface area contributed by atoms with Crippen LogP contribution in [0.15, 0.2) is 42.7 Å². The number of ether oxygens (including phenoxy) is 1. The van der Waals surface area contributed by atoms with Crippen LogP contribution in [0.1, 0.15) is 16.3 Å². The highest BCUT2D eigenvalue weighted by molar-refractivity contribution is 5.92. The van der Waals surface area contributed by atoms with Crippen molar-refractivity contribution >= 4 is 23.1 Å². The molecule has 7 heteroatoms. The van der Waals surface area contributed by atoms with Crippen molar-refractivity contribution in [2.75, 3.05) is 7.05 Å². The molecule has 3 aromatic rings. The molecule has 0 aliphatic carbocycles. The Morgan fingerprint density at radius 2 is 2.04 bits per heavy atom. The van der Waals surface area contributed by atoms with Gasteiger partial charge >= 0.3 is 0 Å². The maximum absolute atomic E-state index is 11.6. The van der Waals surface area contributed by atoms with Gasteiger partial charge in [0.15, 0.2) is 0 Å². The molecule has 0 aliphatic heterocycles. The summed E-state index contributed by atoms with van der Waals surface area (Å²) in [6, 6.07) is 8.58. The van der Waals surface area contributed by atoms with Crippen LogP contribution in [0.5, 0.6) is 11.5 Å². The summed E-state index contributed by atoms with van der Waals surface area (Å²) in [6.45, 7) is 0. The van der Waals surface area contributed by atoms with Gasteiger partial charge in [0, 0.05) is 30.9 Å². The first-order valence-electron chi connectivity index (χ1n) is 7.25. The number of rotatable bonds is 5. The minimum Gasteiger partial charge on any atom is -0.457 e. The number of aromatic nitrogens is 3. The summed E-state index contributed by atoms with van der Waals surface area (Å²) in [5.41, 5.74) is 1.01. The number of fused-ring (bicyclic) bond motifs is 1. The summed E-state index contributed by atoms with van der Waals surface area (Å²) in [6.07, 6.45) is 4.12. The lowest BCUT2D eigenvalue weighted by Gasteiger charge is -2.08. The van der Waals surface area contributed by atoms with E-state index in [1.807, 2.05) is 0 Å². The van der Waals surface area contributed by atoms with Crippen molar-refractivity contribution in [3.05, 3.63) is 54.2 Å². The highest BCUT2D eigenvalue weighted by Crippen LogP contribution is 2.25. The number of benzene rings is 1. The Balaban J connectivity index is 1.86. The zero-order valence-electron chi connectivity index (χ0n) is 12.9. The van der Waals surface area contributed by atoms with Crippen molar-refractivity contribution in [3.63, 3.8) is 0 Å². The van der Waals surface area contributed by atoms with Crippen LogP contribution >= 0.6 is 0 Å². The first-order valence-corrected chi connectivity index (χ1v) is 7.25. The Hall–Kier alpha value is -3.35. The fourth-order valence-electron chi connectivity index (χ4n) is 2.15. The first kappa shape index (κ1) is 15.5. The van der Waals surface area contributed by atoms with E-state index in [-0.39, 0.29) is 18.0 Å². The molecule has 0 spiro atoms. The fraction of sp³-hybridized carbons (Fsp3) is 0.118. The van der Waals surface area contributed by atoms with E-state index in [0.29, 0.717) is 17.3 Å². The quantitative estimate of drug-likeness (QED) is 0.721. The summed E-state index contributed by atoms with van der Waals surface area (Å²) in [5, 5.41) is 3.31. The van der Waals surface area contributed by atoms with Gasteiger partial charge in [-0.1, -0.05) is 0 Å². The van der Waals surface area contributed by atoms with Crippen molar-refractivity contribution in [3.8, 4) is 11.5 Å². The van der Waals surface area contributed by atoms with E-state index in [1.165, 1.54) is 6.20 Å². The number of aldehydes is 1. The monoisotopic (exact) mass is 322 g/mol. The Morgan fingerprint density at radius 3 is 2.83 bits per heavy atom. The lowest BCUT2D eigenvalue weighted by atomic mass is 10.2. The molecule has 1 N–H and O–H groups in total. The van der Waals surface area contributed by atoms with Crippen LogP contribution in [0.4, 0.5) is 0 Å². The van der Waals surface area contributed by atoms with Gasteiger partial charge in [-0.05, 0) is 24.3 Å². The molecule has 0 atom stereocenters. The number of nitrogens with zero attached hydrogens (tertiary/aromatic N) is 3. The summed E-state index contributed by atoms with van der Waals surface area (Å²) in [4.78, 5) is 34.6. The molecule has 0 saturated carbocycles. The van der Waals surface area contributed by atoms with Gasteiger partial charge in [0.25, 0.3) is 5.91 Å². The van der Waals surface area contributed by atoms with Crippen LogP contribution in [0, 0.1) is 0 Å². The summed E-state index contributed by atoms with van der Waals surface area (Å²) >= 11 is 0. The lowest BCUT2D eigenvalue weighted by molar-refractivity contribution is -0.107. The Morgan fingerprint density at radius 1 is 1.21 bits per heavy atom. The number of amides is 1. The number of pyridine rings is 1. The molecular formula is C17H14N4O3. The van der Waals surface area contributed by atoms with E-state index < -0.39 is 0 Å². The fourth-order valence-corrected chi connectivity index (χ4v) is 2.15. The van der Waals surface area contributed by atoms with Gasteiger partial charge in [0.05, 0.1) is 11.9 Å². The number of nitrogens with one attached hydrogen (secondary N) is 1. The van der Waals surface area contributed by atoms with E-state index in [4.69, 9.17) is 4.74 Å². The van der Waals surface area contributed by atoms with Crippen molar-refractivity contribution in [2.45, 2.75) is 6.42 Å². The average molecular weight is 322 g/mol. The Labute approximate surface area is 137 Å². The zero-order valence-corrected chi connectivity index (χ0v) is 12.9. The molecule has 0 radical (unpaired) electrons. The summed E-state index contributed by atoms with van der Waals surface area (Å²) in [5.74, 6) is 1.29.